The van der Waals surface area contributed by atoms with Crippen molar-refractivity contribution in [2.24, 2.45) is 4.99 Å². The molecule has 0 spiro atoms. The molecule has 0 bridgehead atoms. The topological polar surface area (TPSA) is 62.0 Å². The molecule has 1 aromatic heterocycles. The number of ether oxygens (including phenoxy) is 1. The number of methoxy groups -OCH3 is 1. The third kappa shape index (κ3) is 8.73. The summed E-state index contributed by atoms with van der Waals surface area (Å²) in [5.74, 6) is 2.76. The van der Waals surface area contributed by atoms with Crippen LogP contribution in [0.15, 0.2) is 52.1 Å². The Morgan fingerprint density at radius 2 is 1.90 bits per heavy atom. The van der Waals surface area contributed by atoms with E-state index >= 15 is 0 Å². The third-order valence-electron chi connectivity index (χ3n) is 5.67. The molecule has 1 aliphatic heterocycles. The molecule has 0 atom stereocenters. The van der Waals surface area contributed by atoms with E-state index in [0.717, 1.165) is 62.8 Å². The Hall–Kier alpha value is -1.74. The number of halogens is 1. The molecule has 0 saturated carbocycles. The van der Waals surface area contributed by atoms with Crippen molar-refractivity contribution in [3.63, 3.8) is 0 Å². The maximum atomic E-state index is 5.43. The van der Waals surface area contributed by atoms with Gasteiger partial charge < -0.3 is 24.7 Å². The Morgan fingerprint density at radius 1 is 1.16 bits per heavy atom. The van der Waals surface area contributed by atoms with Gasteiger partial charge in [-0.25, -0.2) is 0 Å². The van der Waals surface area contributed by atoms with E-state index in [9.17, 15) is 0 Å². The van der Waals surface area contributed by atoms with E-state index in [0.29, 0.717) is 18.6 Å². The molecular weight excluding hydrogens is 503 g/mol. The van der Waals surface area contributed by atoms with Gasteiger partial charge in [-0.05, 0) is 62.9 Å². The van der Waals surface area contributed by atoms with Crippen LogP contribution in [-0.2, 0) is 12.8 Å². The van der Waals surface area contributed by atoms with E-state index < -0.39 is 0 Å². The highest BCUT2D eigenvalue weighted by Gasteiger charge is 2.21. The normalized spacial score (nSPS) is 15.5. The Balaban J connectivity index is 0.00000341. The van der Waals surface area contributed by atoms with Gasteiger partial charge in [-0.2, -0.15) is 0 Å². The molecule has 2 N–H and O–H groups in total. The van der Waals surface area contributed by atoms with Gasteiger partial charge in [0.25, 0.3) is 0 Å². The molecule has 3 rings (SSSR count). The first-order chi connectivity index (χ1) is 14.6. The standard InChI is InChI=1S/C24H36N4O2.HI/c1-19(2)28-16-12-21(13-17-28)27-24(26-15-11-23-5-4-18-30-23)25-14-10-20-6-8-22(29-3)9-7-20;/h4-9,18-19,21H,10-17H2,1-3H3,(H2,25,26,27);1H. The molecule has 1 fully saturated rings. The highest BCUT2D eigenvalue weighted by molar-refractivity contribution is 14.0. The van der Waals surface area contributed by atoms with Crippen LogP contribution in [0.2, 0.25) is 0 Å². The number of furan rings is 1. The largest absolute Gasteiger partial charge is 0.497 e. The molecule has 2 heterocycles. The Bertz CT molecular complexity index is 754. The first-order valence-corrected chi connectivity index (χ1v) is 11.1. The van der Waals surface area contributed by atoms with E-state index in [2.05, 4.69) is 41.5 Å². The summed E-state index contributed by atoms with van der Waals surface area (Å²) in [5, 5.41) is 7.18. The Kier molecular flexibility index (Phi) is 11.2. The fourth-order valence-corrected chi connectivity index (χ4v) is 3.76. The van der Waals surface area contributed by atoms with Crippen LogP contribution in [0.4, 0.5) is 0 Å². The summed E-state index contributed by atoms with van der Waals surface area (Å²) in [6.07, 6.45) is 5.76. The number of rotatable bonds is 9. The fourth-order valence-electron chi connectivity index (χ4n) is 3.76. The number of guanidine groups is 1. The van der Waals surface area contributed by atoms with Gasteiger partial charge in [0.1, 0.15) is 11.5 Å². The average Bonchev–Trinajstić information content (AvgIpc) is 3.28. The molecule has 2 aromatic rings. The number of nitrogens with zero attached hydrogens (tertiary/aromatic N) is 2. The van der Waals surface area contributed by atoms with Gasteiger partial charge in [0.2, 0.25) is 0 Å². The zero-order valence-corrected chi connectivity index (χ0v) is 21.3. The van der Waals surface area contributed by atoms with Crippen LogP contribution in [0.25, 0.3) is 0 Å². The zero-order valence-electron chi connectivity index (χ0n) is 19.0. The maximum Gasteiger partial charge on any atom is 0.191 e. The molecule has 1 aliphatic rings. The molecular formula is C24H37IN4O2. The molecule has 0 radical (unpaired) electrons. The lowest BCUT2D eigenvalue weighted by molar-refractivity contribution is 0.167. The minimum atomic E-state index is 0. The molecule has 1 aromatic carbocycles. The molecule has 0 unspecified atom stereocenters. The summed E-state index contributed by atoms with van der Waals surface area (Å²) in [7, 11) is 1.69. The summed E-state index contributed by atoms with van der Waals surface area (Å²) in [6.45, 7) is 8.37. The zero-order chi connectivity index (χ0) is 21.2. The van der Waals surface area contributed by atoms with Crippen LogP contribution in [0.3, 0.4) is 0 Å². The van der Waals surface area contributed by atoms with Gasteiger partial charge >= 0.3 is 0 Å². The monoisotopic (exact) mass is 540 g/mol. The van der Waals surface area contributed by atoms with Gasteiger partial charge in [0, 0.05) is 44.7 Å². The molecule has 172 valence electrons. The minimum absolute atomic E-state index is 0. The summed E-state index contributed by atoms with van der Waals surface area (Å²) in [5.41, 5.74) is 1.28. The fraction of sp³-hybridized carbons (Fsp3) is 0.542. The Labute approximate surface area is 203 Å². The molecule has 1 saturated heterocycles. The van der Waals surface area contributed by atoms with Gasteiger partial charge in [-0.15, -0.1) is 24.0 Å². The lowest BCUT2D eigenvalue weighted by Crippen LogP contribution is -2.50. The van der Waals surface area contributed by atoms with Crippen molar-refractivity contribution < 1.29 is 9.15 Å². The van der Waals surface area contributed by atoms with Crippen LogP contribution in [0.1, 0.15) is 38.0 Å². The lowest BCUT2D eigenvalue weighted by atomic mass is 10.0. The van der Waals surface area contributed by atoms with Crippen molar-refractivity contribution >= 4 is 29.9 Å². The highest BCUT2D eigenvalue weighted by atomic mass is 127. The lowest BCUT2D eigenvalue weighted by Gasteiger charge is -2.35. The van der Waals surface area contributed by atoms with Crippen LogP contribution < -0.4 is 15.4 Å². The van der Waals surface area contributed by atoms with Crippen LogP contribution in [0.5, 0.6) is 5.75 Å². The summed E-state index contributed by atoms with van der Waals surface area (Å²) in [6, 6.07) is 13.3. The maximum absolute atomic E-state index is 5.43. The van der Waals surface area contributed by atoms with Gasteiger partial charge in [-0.3, -0.25) is 4.99 Å². The van der Waals surface area contributed by atoms with Crippen molar-refractivity contribution in [3.05, 3.63) is 54.0 Å². The number of hydrogen-bond donors (Lipinski definition) is 2. The second-order valence-electron chi connectivity index (χ2n) is 8.13. The summed E-state index contributed by atoms with van der Waals surface area (Å²) >= 11 is 0. The van der Waals surface area contributed by atoms with Gasteiger partial charge in [0.05, 0.1) is 13.4 Å². The van der Waals surface area contributed by atoms with Crippen LogP contribution >= 0.6 is 24.0 Å². The Morgan fingerprint density at radius 3 is 2.52 bits per heavy atom. The first-order valence-electron chi connectivity index (χ1n) is 11.1. The number of benzene rings is 1. The molecule has 7 heteroatoms. The number of nitrogens with one attached hydrogen (secondary N) is 2. The van der Waals surface area contributed by atoms with E-state index in [1.54, 1.807) is 13.4 Å². The number of aliphatic imine (C=N–C) groups is 1. The highest BCUT2D eigenvalue weighted by Crippen LogP contribution is 2.13. The number of hydrogen-bond acceptors (Lipinski definition) is 4. The van der Waals surface area contributed by atoms with E-state index in [1.807, 2.05) is 24.3 Å². The molecule has 31 heavy (non-hydrogen) atoms. The van der Waals surface area contributed by atoms with Crippen molar-refractivity contribution in [1.82, 2.24) is 15.5 Å². The van der Waals surface area contributed by atoms with Crippen molar-refractivity contribution in [3.8, 4) is 5.75 Å². The molecule has 6 nitrogen and oxygen atoms in total. The SMILES string of the molecule is COc1ccc(CCNC(=NCCc2ccco2)NC2CCN(C(C)C)CC2)cc1.I. The second kappa shape index (κ2) is 13.6. The van der Waals surface area contributed by atoms with Crippen molar-refractivity contribution in [2.75, 3.05) is 33.3 Å². The minimum Gasteiger partial charge on any atom is -0.497 e. The van der Waals surface area contributed by atoms with Crippen LogP contribution in [-0.4, -0.2) is 56.2 Å². The van der Waals surface area contributed by atoms with E-state index in [4.69, 9.17) is 14.1 Å². The van der Waals surface area contributed by atoms with Gasteiger partial charge in [0.15, 0.2) is 5.96 Å². The predicted molar refractivity (Wildman–Crippen MR) is 138 cm³/mol. The third-order valence-corrected chi connectivity index (χ3v) is 5.67. The molecule has 0 aliphatic carbocycles. The first kappa shape index (κ1) is 25.5. The second-order valence-corrected chi connectivity index (χ2v) is 8.13. The predicted octanol–water partition coefficient (Wildman–Crippen LogP) is 4.10. The quantitative estimate of drug-likeness (QED) is 0.285. The van der Waals surface area contributed by atoms with Crippen molar-refractivity contribution in [2.45, 2.75) is 51.6 Å². The van der Waals surface area contributed by atoms with Crippen LogP contribution in [0, 0.1) is 0 Å². The summed E-state index contributed by atoms with van der Waals surface area (Å²) in [4.78, 5) is 7.35. The number of likely N-dealkylation sites (tertiary alicyclic amines) is 1. The van der Waals surface area contributed by atoms with E-state index in [1.165, 1.54) is 5.56 Å². The average molecular weight is 540 g/mol. The smallest absolute Gasteiger partial charge is 0.191 e. The summed E-state index contributed by atoms with van der Waals surface area (Å²) < 4.78 is 10.7. The van der Waals surface area contributed by atoms with Gasteiger partial charge in [-0.1, -0.05) is 12.1 Å². The molecule has 0 amide bonds. The van der Waals surface area contributed by atoms with E-state index in [-0.39, 0.29) is 24.0 Å². The number of piperidine rings is 1. The van der Waals surface area contributed by atoms with Crippen molar-refractivity contribution in [1.29, 1.82) is 0 Å².